The van der Waals surface area contributed by atoms with E-state index in [-0.39, 0.29) is 5.91 Å². The number of carbonyl (C=O) groups is 3. The summed E-state index contributed by atoms with van der Waals surface area (Å²) in [6.07, 6.45) is 3.59. The van der Waals surface area contributed by atoms with Crippen molar-refractivity contribution in [2.75, 3.05) is 25.6 Å². The molecule has 3 N–H and O–H groups in total. The third-order valence-corrected chi connectivity index (χ3v) is 3.91. The SMILES string of the molecule is CNC(=O)C1CCCN1C(=O)N[C@H](CCSC)C(=O)O. The number of carboxylic acid groups (broad SMARTS) is 1. The first-order valence-corrected chi connectivity index (χ1v) is 7.91. The van der Waals surface area contributed by atoms with E-state index in [0.717, 1.165) is 6.42 Å². The number of likely N-dealkylation sites (tertiary alicyclic amines) is 1. The van der Waals surface area contributed by atoms with Crippen LogP contribution in [0.25, 0.3) is 0 Å². The van der Waals surface area contributed by atoms with Gasteiger partial charge in [0.1, 0.15) is 12.1 Å². The van der Waals surface area contributed by atoms with Crippen LogP contribution < -0.4 is 10.6 Å². The molecule has 0 aromatic carbocycles. The minimum Gasteiger partial charge on any atom is -0.480 e. The monoisotopic (exact) mass is 303 g/mol. The number of hydrogen-bond acceptors (Lipinski definition) is 4. The molecule has 0 spiro atoms. The molecule has 7 nitrogen and oxygen atoms in total. The van der Waals surface area contributed by atoms with E-state index >= 15 is 0 Å². The van der Waals surface area contributed by atoms with E-state index in [1.54, 1.807) is 0 Å². The number of carbonyl (C=O) groups excluding carboxylic acids is 2. The van der Waals surface area contributed by atoms with E-state index in [9.17, 15) is 14.4 Å². The largest absolute Gasteiger partial charge is 0.480 e. The molecule has 0 radical (unpaired) electrons. The number of likely N-dealkylation sites (N-methyl/N-ethyl adjacent to an activating group) is 1. The summed E-state index contributed by atoms with van der Waals surface area (Å²) < 4.78 is 0. The first-order valence-electron chi connectivity index (χ1n) is 6.51. The normalized spacial score (nSPS) is 19.5. The number of hydrogen-bond donors (Lipinski definition) is 3. The summed E-state index contributed by atoms with van der Waals surface area (Å²) in [6, 6.07) is -1.90. The van der Waals surface area contributed by atoms with Crippen molar-refractivity contribution in [1.29, 1.82) is 0 Å². The molecule has 1 saturated heterocycles. The van der Waals surface area contributed by atoms with Crippen LogP contribution in [0.15, 0.2) is 0 Å². The lowest BCUT2D eigenvalue weighted by atomic mass is 10.2. The van der Waals surface area contributed by atoms with Crippen molar-refractivity contribution in [3.05, 3.63) is 0 Å². The van der Waals surface area contributed by atoms with E-state index in [0.29, 0.717) is 25.1 Å². The molecule has 1 fully saturated rings. The summed E-state index contributed by atoms with van der Waals surface area (Å²) in [5.41, 5.74) is 0. The van der Waals surface area contributed by atoms with E-state index in [2.05, 4.69) is 10.6 Å². The Bertz CT molecular complexity index is 378. The minimum absolute atomic E-state index is 0.214. The highest BCUT2D eigenvalue weighted by Crippen LogP contribution is 2.17. The van der Waals surface area contributed by atoms with Crippen LogP contribution in [0.4, 0.5) is 4.79 Å². The predicted octanol–water partition coefficient (Wildman–Crippen LogP) is 0.113. The quantitative estimate of drug-likeness (QED) is 0.647. The minimum atomic E-state index is -1.05. The maximum Gasteiger partial charge on any atom is 0.326 e. The summed E-state index contributed by atoms with van der Waals surface area (Å²) in [5.74, 6) is -0.618. The fourth-order valence-electron chi connectivity index (χ4n) is 2.17. The molecule has 0 aromatic heterocycles. The van der Waals surface area contributed by atoms with Gasteiger partial charge in [-0.05, 0) is 31.3 Å². The average molecular weight is 303 g/mol. The molecule has 1 heterocycles. The van der Waals surface area contributed by atoms with Crippen LogP contribution in [0.2, 0.25) is 0 Å². The highest BCUT2D eigenvalue weighted by molar-refractivity contribution is 7.98. The lowest BCUT2D eigenvalue weighted by molar-refractivity contribution is -0.139. The van der Waals surface area contributed by atoms with Crippen molar-refractivity contribution >= 4 is 29.7 Å². The van der Waals surface area contributed by atoms with E-state index in [1.807, 2.05) is 6.26 Å². The van der Waals surface area contributed by atoms with Crippen molar-refractivity contribution in [3.8, 4) is 0 Å². The molecule has 3 amide bonds. The van der Waals surface area contributed by atoms with Crippen LogP contribution >= 0.6 is 11.8 Å². The zero-order valence-electron chi connectivity index (χ0n) is 11.7. The van der Waals surface area contributed by atoms with Gasteiger partial charge in [-0.3, -0.25) is 4.79 Å². The lowest BCUT2D eigenvalue weighted by Gasteiger charge is -2.25. The van der Waals surface area contributed by atoms with Crippen LogP contribution in [-0.4, -0.2) is 65.6 Å². The fraction of sp³-hybridized carbons (Fsp3) is 0.750. The van der Waals surface area contributed by atoms with Gasteiger partial charge in [-0.2, -0.15) is 11.8 Å². The van der Waals surface area contributed by atoms with Crippen molar-refractivity contribution in [3.63, 3.8) is 0 Å². The molecule has 114 valence electrons. The number of amides is 3. The Balaban J connectivity index is 2.63. The Kier molecular flexibility index (Phi) is 6.63. The van der Waals surface area contributed by atoms with Gasteiger partial charge in [0.2, 0.25) is 5.91 Å². The van der Waals surface area contributed by atoms with Gasteiger partial charge in [0, 0.05) is 13.6 Å². The third-order valence-electron chi connectivity index (χ3n) is 3.27. The number of rotatable bonds is 6. The Morgan fingerprint density at radius 2 is 2.15 bits per heavy atom. The van der Waals surface area contributed by atoms with Crippen molar-refractivity contribution < 1.29 is 19.5 Å². The summed E-state index contributed by atoms with van der Waals surface area (Å²) in [4.78, 5) is 36.3. The number of carboxylic acids is 1. The highest BCUT2D eigenvalue weighted by Gasteiger charge is 2.35. The number of nitrogens with zero attached hydrogens (tertiary/aromatic N) is 1. The fourth-order valence-corrected chi connectivity index (χ4v) is 2.65. The smallest absolute Gasteiger partial charge is 0.326 e. The molecule has 0 aliphatic carbocycles. The third kappa shape index (κ3) is 4.29. The molecular weight excluding hydrogens is 282 g/mol. The van der Waals surface area contributed by atoms with Crippen LogP contribution in [0, 0.1) is 0 Å². The van der Waals surface area contributed by atoms with Gasteiger partial charge in [0.05, 0.1) is 0 Å². The summed E-state index contributed by atoms with van der Waals surface area (Å²) in [7, 11) is 1.52. The Morgan fingerprint density at radius 3 is 2.70 bits per heavy atom. The Hall–Kier alpha value is -1.44. The summed E-state index contributed by atoms with van der Waals surface area (Å²) in [6.45, 7) is 0.471. The second-order valence-corrected chi connectivity index (χ2v) is 5.57. The molecule has 1 rings (SSSR count). The highest BCUT2D eigenvalue weighted by atomic mass is 32.2. The van der Waals surface area contributed by atoms with Gasteiger partial charge < -0.3 is 20.6 Å². The summed E-state index contributed by atoms with van der Waals surface area (Å²) >= 11 is 1.52. The molecule has 0 aromatic rings. The second-order valence-electron chi connectivity index (χ2n) is 4.59. The zero-order valence-corrected chi connectivity index (χ0v) is 12.5. The molecule has 8 heteroatoms. The van der Waals surface area contributed by atoms with E-state index < -0.39 is 24.1 Å². The molecule has 1 aliphatic rings. The predicted molar refractivity (Wildman–Crippen MR) is 76.7 cm³/mol. The Labute approximate surface area is 122 Å². The van der Waals surface area contributed by atoms with Crippen molar-refractivity contribution in [2.24, 2.45) is 0 Å². The summed E-state index contributed by atoms with van der Waals surface area (Å²) in [5, 5.41) is 14.1. The van der Waals surface area contributed by atoms with Gasteiger partial charge >= 0.3 is 12.0 Å². The topological polar surface area (TPSA) is 98.7 Å². The van der Waals surface area contributed by atoms with E-state index in [1.165, 1.54) is 23.7 Å². The molecule has 1 unspecified atom stereocenters. The van der Waals surface area contributed by atoms with Gasteiger partial charge in [-0.15, -0.1) is 0 Å². The first kappa shape index (κ1) is 16.6. The first-order chi connectivity index (χ1) is 9.51. The molecule has 2 atom stereocenters. The molecule has 20 heavy (non-hydrogen) atoms. The average Bonchev–Trinajstić information content (AvgIpc) is 2.91. The maximum atomic E-state index is 12.1. The molecule has 0 bridgehead atoms. The molecular formula is C12H21N3O4S. The van der Waals surface area contributed by atoms with Crippen LogP contribution in [0.1, 0.15) is 19.3 Å². The van der Waals surface area contributed by atoms with Crippen LogP contribution in [0.5, 0.6) is 0 Å². The maximum absolute atomic E-state index is 12.1. The lowest BCUT2D eigenvalue weighted by Crippen LogP contribution is -2.52. The van der Waals surface area contributed by atoms with Gasteiger partial charge in [0.25, 0.3) is 0 Å². The number of thioether (sulfide) groups is 1. The van der Waals surface area contributed by atoms with Crippen LogP contribution in [-0.2, 0) is 9.59 Å². The van der Waals surface area contributed by atoms with E-state index in [4.69, 9.17) is 5.11 Å². The number of urea groups is 1. The zero-order chi connectivity index (χ0) is 15.1. The second kappa shape index (κ2) is 7.98. The van der Waals surface area contributed by atoms with Gasteiger partial charge in [0.15, 0.2) is 0 Å². The van der Waals surface area contributed by atoms with Crippen LogP contribution in [0.3, 0.4) is 0 Å². The molecule has 0 saturated carbocycles. The van der Waals surface area contributed by atoms with Gasteiger partial charge in [-0.1, -0.05) is 0 Å². The molecule has 1 aliphatic heterocycles. The van der Waals surface area contributed by atoms with Crippen molar-refractivity contribution in [1.82, 2.24) is 15.5 Å². The Morgan fingerprint density at radius 1 is 1.45 bits per heavy atom. The van der Waals surface area contributed by atoms with Gasteiger partial charge in [-0.25, -0.2) is 9.59 Å². The standard InChI is InChI=1S/C12H21N3O4S/c1-13-10(16)9-4-3-6-15(9)12(19)14-8(11(17)18)5-7-20-2/h8-9H,3-7H2,1-2H3,(H,13,16)(H,14,19)(H,17,18)/t8-,9?/m1/s1. The number of aliphatic carboxylic acids is 1. The number of nitrogens with one attached hydrogen (secondary N) is 2. The van der Waals surface area contributed by atoms with Crippen molar-refractivity contribution in [2.45, 2.75) is 31.3 Å².